The molecule has 0 aromatic carbocycles. The average molecular weight is 286 g/mol. The standard InChI is InChI=1S/C12H13F3N4O/c1-7-3-4-8(20-7)6-17-10-5-9(16-2)18-11(19-10)12(13,14)15/h3-5H,6H2,1-2H3,(H2,16,17,18,19). The van der Waals surface area contributed by atoms with Crippen LogP contribution in [0.25, 0.3) is 0 Å². The largest absolute Gasteiger partial charge is 0.465 e. The molecule has 0 atom stereocenters. The van der Waals surface area contributed by atoms with Gasteiger partial charge in [0.2, 0.25) is 5.82 Å². The summed E-state index contributed by atoms with van der Waals surface area (Å²) in [5.74, 6) is 0.315. The summed E-state index contributed by atoms with van der Waals surface area (Å²) in [4.78, 5) is 6.82. The normalized spacial score (nSPS) is 11.4. The maximum Gasteiger partial charge on any atom is 0.451 e. The second kappa shape index (κ2) is 5.40. The maximum absolute atomic E-state index is 12.7. The topological polar surface area (TPSA) is 63.0 Å². The Hall–Kier alpha value is -2.25. The lowest BCUT2D eigenvalue weighted by Gasteiger charge is -2.10. The SMILES string of the molecule is CNc1cc(NCc2ccc(C)o2)nc(C(F)(F)F)n1. The number of rotatable bonds is 4. The molecule has 2 aromatic rings. The highest BCUT2D eigenvalue weighted by Gasteiger charge is 2.35. The zero-order valence-corrected chi connectivity index (χ0v) is 10.9. The number of hydrogen-bond donors (Lipinski definition) is 2. The average Bonchev–Trinajstić information content (AvgIpc) is 2.81. The molecule has 2 heterocycles. The van der Waals surface area contributed by atoms with E-state index in [-0.39, 0.29) is 18.2 Å². The third-order valence-corrected chi connectivity index (χ3v) is 2.48. The Morgan fingerprint density at radius 2 is 1.90 bits per heavy atom. The van der Waals surface area contributed by atoms with E-state index < -0.39 is 12.0 Å². The second-order valence-corrected chi connectivity index (χ2v) is 4.08. The van der Waals surface area contributed by atoms with E-state index in [2.05, 4.69) is 20.6 Å². The number of furan rings is 1. The van der Waals surface area contributed by atoms with E-state index in [4.69, 9.17) is 4.42 Å². The molecule has 20 heavy (non-hydrogen) atoms. The van der Waals surface area contributed by atoms with Gasteiger partial charge >= 0.3 is 6.18 Å². The van der Waals surface area contributed by atoms with E-state index in [0.717, 1.165) is 5.76 Å². The number of anilines is 2. The summed E-state index contributed by atoms with van der Waals surface area (Å²) in [6.07, 6.45) is -4.59. The van der Waals surface area contributed by atoms with Crippen LogP contribution in [-0.2, 0) is 12.7 Å². The lowest BCUT2D eigenvalue weighted by molar-refractivity contribution is -0.144. The minimum atomic E-state index is -4.59. The van der Waals surface area contributed by atoms with Gasteiger partial charge in [0.1, 0.15) is 23.2 Å². The van der Waals surface area contributed by atoms with Gasteiger partial charge in [-0.15, -0.1) is 0 Å². The van der Waals surface area contributed by atoms with Gasteiger partial charge in [0.25, 0.3) is 0 Å². The van der Waals surface area contributed by atoms with E-state index in [1.807, 2.05) is 0 Å². The Labute approximate surface area is 113 Å². The molecule has 0 radical (unpaired) electrons. The molecule has 0 unspecified atom stereocenters. The van der Waals surface area contributed by atoms with Gasteiger partial charge in [-0.3, -0.25) is 0 Å². The molecule has 0 saturated carbocycles. The van der Waals surface area contributed by atoms with Crippen molar-refractivity contribution in [3.63, 3.8) is 0 Å². The number of nitrogens with one attached hydrogen (secondary N) is 2. The lowest BCUT2D eigenvalue weighted by Crippen LogP contribution is -2.14. The quantitative estimate of drug-likeness (QED) is 0.904. The van der Waals surface area contributed by atoms with Crippen LogP contribution in [0, 0.1) is 6.92 Å². The van der Waals surface area contributed by atoms with Crippen LogP contribution >= 0.6 is 0 Å². The van der Waals surface area contributed by atoms with E-state index >= 15 is 0 Å². The molecule has 0 aliphatic rings. The summed E-state index contributed by atoms with van der Waals surface area (Å²) >= 11 is 0. The van der Waals surface area contributed by atoms with Crippen molar-refractivity contribution >= 4 is 11.6 Å². The van der Waals surface area contributed by atoms with Crippen LogP contribution in [0.3, 0.4) is 0 Å². The van der Waals surface area contributed by atoms with Crippen molar-refractivity contribution in [3.8, 4) is 0 Å². The van der Waals surface area contributed by atoms with E-state index in [9.17, 15) is 13.2 Å². The van der Waals surface area contributed by atoms with Crippen LogP contribution in [0.4, 0.5) is 24.8 Å². The summed E-state index contributed by atoms with van der Waals surface area (Å²) < 4.78 is 43.3. The molecular formula is C12H13F3N4O. The molecule has 0 aliphatic carbocycles. The molecule has 0 amide bonds. The Kier molecular flexibility index (Phi) is 3.82. The van der Waals surface area contributed by atoms with Crippen LogP contribution < -0.4 is 10.6 Å². The third kappa shape index (κ3) is 3.40. The molecule has 0 saturated heterocycles. The summed E-state index contributed by atoms with van der Waals surface area (Å²) in [6, 6.07) is 4.91. The van der Waals surface area contributed by atoms with Crippen molar-refractivity contribution in [2.75, 3.05) is 17.7 Å². The van der Waals surface area contributed by atoms with Crippen molar-refractivity contribution < 1.29 is 17.6 Å². The van der Waals surface area contributed by atoms with Gasteiger partial charge in [-0.1, -0.05) is 0 Å². The predicted molar refractivity (Wildman–Crippen MR) is 67.4 cm³/mol. The Bertz CT molecular complexity index is 595. The van der Waals surface area contributed by atoms with Crippen molar-refractivity contribution in [1.29, 1.82) is 0 Å². The molecule has 0 bridgehead atoms. The number of aryl methyl sites for hydroxylation is 1. The van der Waals surface area contributed by atoms with Gasteiger partial charge in [0.05, 0.1) is 6.54 Å². The molecule has 5 nitrogen and oxygen atoms in total. The molecule has 0 spiro atoms. The summed E-state index contributed by atoms with van der Waals surface area (Å²) in [5, 5.41) is 5.34. The predicted octanol–water partition coefficient (Wildman–Crippen LogP) is 3.05. The fraction of sp³-hybridized carbons (Fsp3) is 0.333. The van der Waals surface area contributed by atoms with E-state index in [1.54, 1.807) is 19.1 Å². The highest BCUT2D eigenvalue weighted by Crippen LogP contribution is 2.28. The van der Waals surface area contributed by atoms with Gasteiger partial charge in [-0.2, -0.15) is 13.2 Å². The van der Waals surface area contributed by atoms with Crippen LogP contribution in [-0.4, -0.2) is 17.0 Å². The first-order valence-corrected chi connectivity index (χ1v) is 5.81. The van der Waals surface area contributed by atoms with Gasteiger partial charge in [0, 0.05) is 13.1 Å². The minimum absolute atomic E-state index is 0.0747. The Morgan fingerprint density at radius 1 is 1.20 bits per heavy atom. The summed E-state index contributed by atoms with van der Waals surface area (Å²) in [7, 11) is 1.49. The smallest absolute Gasteiger partial charge is 0.451 e. The van der Waals surface area contributed by atoms with Crippen molar-refractivity contribution in [1.82, 2.24) is 9.97 Å². The highest BCUT2D eigenvalue weighted by atomic mass is 19.4. The number of aromatic nitrogens is 2. The van der Waals surface area contributed by atoms with Crippen molar-refractivity contribution in [3.05, 3.63) is 35.5 Å². The third-order valence-electron chi connectivity index (χ3n) is 2.48. The number of halogens is 3. The number of alkyl halides is 3. The Morgan fingerprint density at radius 3 is 2.45 bits per heavy atom. The van der Waals surface area contributed by atoms with Gasteiger partial charge in [-0.25, -0.2) is 9.97 Å². The van der Waals surface area contributed by atoms with Crippen LogP contribution in [0.2, 0.25) is 0 Å². The fourth-order valence-corrected chi connectivity index (χ4v) is 1.55. The van der Waals surface area contributed by atoms with Crippen molar-refractivity contribution in [2.24, 2.45) is 0 Å². The minimum Gasteiger partial charge on any atom is -0.465 e. The number of hydrogen-bond acceptors (Lipinski definition) is 5. The molecule has 0 aliphatic heterocycles. The molecule has 2 N–H and O–H groups in total. The van der Waals surface area contributed by atoms with Gasteiger partial charge in [0.15, 0.2) is 0 Å². The first-order chi connectivity index (χ1) is 9.38. The Balaban J connectivity index is 2.18. The first-order valence-electron chi connectivity index (χ1n) is 5.81. The lowest BCUT2D eigenvalue weighted by atomic mass is 10.4. The molecule has 8 heteroatoms. The van der Waals surface area contributed by atoms with Gasteiger partial charge in [-0.05, 0) is 19.1 Å². The second-order valence-electron chi connectivity index (χ2n) is 4.08. The molecule has 2 rings (SSSR count). The monoisotopic (exact) mass is 286 g/mol. The molecular weight excluding hydrogens is 273 g/mol. The van der Waals surface area contributed by atoms with E-state index in [0.29, 0.717) is 5.76 Å². The van der Waals surface area contributed by atoms with Crippen LogP contribution in [0.15, 0.2) is 22.6 Å². The fourth-order valence-electron chi connectivity index (χ4n) is 1.55. The van der Waals surface area contributed by atoms with Crippen LogP contribution in [0.5, 0.6) is 0 Å². The first kappa shape index (κ1) is 14.2. The zero-order chi connectivity index (χ0) is 14.8. The van der Waals surface area contributed by atoms with Gasteiger partial charge < -0.3 is 15.1 Å². The summed E-state index contributed by atoms with van der Waals surface area (Å²) in [6.45, 7) is 2.03. The number of nitrogens with zero attached hydrogens (tertiary/aromatic N) is 2. The molecule has 2 aromatic heterocycles. The zero-order valence-electron chi connectivity index (χ0n) is 10.9. The molecule has 0 fully saturated rings. The van der Waals surface area contributed by atoms with Crippen molar-refractivity contribution in [2.45, 2.75) is 19.6 Å². The van der Waals surface area contributed by atoms with E-state index in [1.165, 1.54) is 13.1 Å². The molecule has 108 valence electrons. The summed E-state index contributed by atoms with van der Waals surface area (Å²) in [5.41, 5.74) is 0. The highest BCUT2D eigenvalue weighted by molar-refractivity contribution is 5.47. The maximum atomic E-state index is 12.7. The van der Waals surface area contributed by atoms with Crippen LogP contribution in [0.1, 0.15) is 17.3 Å².